The normalized spacial score (nSPS) is 29.2. The Kier molecular flexibility index (Phi) is 5.44. The van der Waals surface area contributed by atoms with Gasteiger partial charge >= 0.3 is 0 Å². The van der Waals surface area contributed by atoms with E-state index in [9.17, 15) is 4.79 Å². The standard InChI is InChI=1S/C22H27ClN4O2S/c1-29-18-3-2-16(23)7-17(18)20-25-21(27-26-20)30-11-19(28)24-12-22-8-13-4-14(9-22)6-15(5-13)10-22/h2-3,7,13-15H,4-6,8-12H2,1H3,(H,24,28)(H,25,26,27). The molecule has 4 bridgehead atoms. The van der Waals surface area contributed by atoms with Crippen LogP contribution in [0.2, 0.25) is 5.02 Å². The van der Waals surface area contributed by atoms with Gasteiger partial charge in [0.2, 0.25) is 11.1 Å². The lowest BCUT2D eigenvalue weighted by atomic mass is 9.49. The number of carbonyl (C=O) groups excluding carboxylic acids is 1. The Morgan fingerprint density at radius 1 is 1.27 bits per heavy atom. The number of thioether (sulfide) groups is 1. The molecule has 4 aliphatic rings. The highest BCUT2D eigenvalue weighted by Gasteiger charge is 2.50. The zero-order valence-corrected chi connectivity index (χ0v) is 18.7. The maximum Gasteiger partial charge on any atom is 0.230 e. The summed E-state index contributed by atoms with van der Waals surface area (Å²) in [5.74, 6) is 4.32. The zero-order valence-electron chi connectivity index (χ0n) is 17.1. The number of carbonyl (C=O) groups is 1. The molecular formula is C22H27ClN4O2S. The quantitative estimate of drug-likeness (QED) is 0.609. The molecule has 1 amide bonds. The molecule has 2 aromatic rings. The van der Waals surface area contributed by atoms with Crippen molar-refractivity contribution in [3.8, 4) is 17.1 Å². The van der Waals surface area contributed by atoms with Gasteiger partial charge in [0, 0.05) is 11.6 Å². The molecule has 6 nitrogen and oxygen atoms in total. The number of nitrogens with one attached hydrogen (secondary N) is 2. The minimum atomic E-state index is 0.0578. The Labute approximate surface area is 185 Å². The van der Waals surface area contributed by atoms with Gasteiger partial charge in [0.15, 0.2) is 5.82 Å². The molecule has 0 atom stereocenters. The number of hydrogen-bond donors (Lipinski definition) is 2. The maximum atomic E-state index is 12.5. The van der Waals surface area contributed by atoms with Crippen molar-refractivity contribution in [2.24, 2.45) is 23.2 Å². The van der Waals surface area contributed by atoms with Crippen LogP contribution in [0.15, 0.2) is 23.4 Å². The summed E-state index contributed by atoms with van der Waals surface area (Å²) in [6.07, 6.45) is 8.18. The number of nitrogens with zero attached hydrogens (tertiary/aromatic N) is 2. The number of hydrogen-bond acceptors (Lipinski definition) is 5. The van der Waals surface area contributed by atoms with E-state index in [0.29, 0.717) is 32.9 Å². The van der Waals surface area contributed by atoms with Crippen molar-refractivity contribution in [3.63, 3.8) is 0 Å². The molecule has 0 radical (unpaired) electrons. The topological polar surface area (TPSA) is 79.9 Å². The van der Waals surface area contributed by atoms with Crippen LogP contribution in [-0.4, -0.2) is 40.5 Å². The number of aromatic amines is 1. The second-order valence-electron chi connectivity index (χ2n) is 9.29. The zero-order chi connectivity index (χ0) is 20.7. The molecule has 1 aromatic heterocycles. The first-order chi connectivity index (χ1) is 14.5. The average Bonchev–Trinajstić information content (AvgIpc) is 3.19. The van der Waals surface area contributed by atoms with Crippen LogP contribution in [0, 0.1) is 23.2 Å². The van der Waals surface area contributed by atoms with Gasteiger partial charge in [-0.05, 0) is 79.9 Å². The Hall–Kier alpha value is -1.73. The number of benzene rings is 1. The summed E-state index contributed by atoms with van der Waals surface area (Å²) in [6, 6.07) is 5.35. The fraction of sp³-hybridized carbons (Fsp3) is 0.591. The SMILES string of the molecule is COc1ccc(Cl)cc1-c1nc(SCC(=O)NCC23CC4CC(CC(C4)C2)C3)n[nH]1. The van der Waals surface area contributed by atoms with Gasteiger partial charge in [0.25, 0.3) is 0 Å². The van der Waals surface area contributed by atoms with E-state index >= 15 is 0 Å². The minimum Gasteiger partial charge on any atom is -0.496 e. The molecule has 1 heterocycles. The summed E-state index contributed by atoms with van der Waals surface area (Å²) in [7, 11) is 1.60. The first kappa shape index (κ1) is 20.2. The number of aromatic nitrogens is 3. The van der Waals surface area contributed by atoms with Gasteiger partial charge in [-0.2, -0.15) is 0 Å². The third kappa shape index (κ3) is 4.06. The third-order valence-corrected chi connectivity index (χ3v) is 8.12. The number of H-pyrrole nitrogens is 1. The van der Waals surface area contributed by atoms with E-state index < -0.39 is 0 Å². The molecule has 0 unspecified atom stereocenters. The van der Waals surface area contributed by atoms with Crippen LogP contribution in [0.1, 0.15) is 38.5 Å². The van der Waals surface area contributed by atoms with Crippen LogP contribution in [-0.2, 0) is 4.79 Å². The van der Waals surface area contributed by atoms with Crippen molar-refractivity contribution in [1.82, 2.24) is 20.5 Å². The van der Waals surface area contributed by atoms with E-state index in [4.69, 9.17) is 16.3 Å². The minimum absolute atomic E-state index is 0.0578. The van der Waals surface area contributed by atoms with Crippen molar-refractivity contribution >= 4 is 29.3 Å². The highest BCUT2D eigenvalue weighted by molar-refractivity contribution is 7.99. The van der Waals surface area contributed by atoms with E-state index in [-0.39, 0.29) is 5.91 Å². The van der Waals surface area contributed by atoms with Crippen molar-refractivity contribution < 1.29 is 9.53 Å². The monoisotopic (exact) mass is 446 g/mol. The summed E-state index contributed by atoms with van der Waals surface area (Å²) in [6.45, 7) is 0.828. The lowest BCUT2D eigenvalue weighted by molar-refractivity contribution is -0.120. The van der Waals surface area contributed by atoms with Gasteiger partial charge < -0.3 is 10.1 Å². The third-order valence-electron chi connectivity index (χ3n) is 7.04. The van der Waals surface area contributed by atoms with Crippen molar-refractivity contribution in [3.05, 3.63) is 23.2 Å². The summed E-state index contributed by atoms with van der Waals surface area (Å²) < 4.78 is 5.38. The molecule has 6 rings (SSSR count). The Morgan fingerprint density at radius 3 is 2.63 bits per heavy atom. The first-order valence-electron chi connectivity index (χ1n) is 10.7. The summed E-state index contributed by atoms with van der Waals surface area (Å²) in [5.41, 5.74) is 1.10. The van der Waals surface area contributed by atoms with E-state index in [0.717, 1.165) is 29.9 Å². The smallest absolute Gasteiger partial charge is 0.230 e. The van der Waals surface area contributed by atoms with Gasteiger partial charge in [0.05, 0.1) is 18.4 Å². The molecule has 160 valence electrons. The maximum absolute atomic E-state index is 12.5. The Balaban J connectivity index is 1.16. The van der Waals surface area contributed by atoms with E-state index in [1.165, 1.54) is 50.3 Å². The molecule has 2 N–H and O–H groups in total. The van der Waals surface area contributed by atoms with Crippen molar-refractivity contribution in [2.45, 2.75) is 43.7 Å². The van der Waals surface area contributed by atoms with E-state index in [1.807, 2.05) is 0 Å². The molecule has 0 aliphatic heterocycles. The Bertz CT molecular complexity index is 912. The largest absolute Gasteiger partial charge is 0.496 e. The summed E-state index contributed by atoms with van der Waals surface area (Å²) in [5, 5.41) is 11.5. The van der Waals surface area contributed by atoms with Crippen molar-refractivity contribution in [2.75, 3.05) is 19.4 Å². The van der Waals surface area contributed by atoms with Crippen molar-refractivity contribution in [1.29, 1.82) is 0 Å². The van der Waals surface area contributed by atoms with Crippen LogP contribution < -0.4 is 10.1 Å². The van der Waals surface area contributed by atoms with Gasteiger partial charge in [0.1, 0.15) is 5.75 Å². The number of methoxy groups -OCH3 is 1. The molecule has 8 heteroatoms. The number of amides is 1. The lowest BCUT2D eigenvalue weighted by Gasteiger charge is -2.56. The van der Waals surface area contributed by atoms with Crippen LogP contribution >= 0.6 is 23.4 Å². The number of halogens is 1. The molecule has 1 aromatic carbocycles. The highest BCUT2D eigenvalue weighted by atomic mass is 35.5. The predicted octanol–water partition coefficient (Wildman–Crippen LogP) is 4.56. The summed E-state index contributed by atoms with van der Waals surface area (Å²) >= 11 is 7.44. The number of ether oxygens (including phenoxy) is 1. The van der Waals surface area contributed by atoms with Gasteiger partial charge in [-0.1, -0.05) is 23.4 Å². The average molecular weight is 447 g/mol. The molecule has 0 spiro atoms. The molecular weight excluding hydrogens is 420 g/mol. The molecule has 4 aliphatic carbocycles. The van der Waals surface area contributed by atoms with Crippen LogP contribution in [0.5, 0.6) is 5.75 Å². The second kappa shape index (κ2) is 8.08. The second-order valence-corrected chi connectivity index (χ2v) is 10.7. The molecule has 0 saturated heterocycles. The Morgan fingerprint density at radius 2 is 1.97 bits per heavy atom. The predicted molar refractivity (Wildman–Crippen MR) is 118 cm³/mol. The summed E-state index contributed by atoms with van der Waals surface area (Å²) in [4.78, 5) is 17.0. The lowest BCUT2D eigenvalue weighted by Crippen LogP contribution is -2.51. The first-order valence-corrected chi connectivity index (χ1v) is 12.0. The highest BCUT2D eigenvalue weighted by Crippen LogP contribution is 2.59. The number of rotatable bonds is 7. The fourth-order valence-electron chi connectivity index (χ4n) is 6.27. The van der Waals surface area contributed by atoms with Crippen LogP contribution in [0.25, 0.3) is 11.4 Å². The molecule has 4 saturated carbocycles. The van der Waals surface area contributed by atoms with Gasteiger partial charge in [-0.3, -0.25) is 9.89 Å². The molecule has 4 fully saturated rings. The van der Waals surface area contributed by atoms with E-state index in [1.54, 1.807) is 25.3 Å². The van der Waals surface area contributed by atoms with Gasteiger partial charge in [-0.25, -0.2) is 4.98 Å². The fourth-order valence-corrected chi connectivity index (χ4v) is 7.07. The van der Waals surface area contributed by atoms with Gasteiger partial charge in [-0.15, -0.1) is 5.10 Å². The molecule has 30 heavy (non-hydrogen) atoms. The van der Waals surface area contributed by atoms with Crippen LogP contribution in [0.4, 0.5) is 0 Å². The van der Waals surface area contributed by atoms with E-state index in [2.05, 4.69) is 20.5 Å². The van der Waals surface area contributed by atoms with Crippen LogP contribution in [0.3, 0.4) is 0 Å².